The monoisotopic (exact) mass is 259 g/mol. The number of carbonyl (C=O) groups excluding carboxylic acids is 1. The number of imidazole rings is 1. The Balaban J connectivity index is 2.38. The molecule has 0 spiro atoms. The van der Waals surface area contributed by atoms with E-state index in [9.17, 15) is 4.79 Å². The minimum absolute atomic E-state index is 0.0316. The van der Waals surface area contributed by atoms with Crippen LogP contribution in [0.25, 0.3) is 5.65 Å². The molecule has 19 heavy (non-hydrogen) atoms. The van der Waals surface area contributed by atoms with E-state index in [-0.39, 0.29) is 5.91 Å². The fourth-order valence-electron chi connectivity index (χ4n) is 2.08. The van der Waals surface area contributed by atoms with E-state index in [0.29, 0.717) is 18.2 Å². The van der Waals surface area contributed by atoms with Crippen LogP contribution in [0.5, 0.6) is 0 Å². The lowest BCUT2D eigenvalue weighted by molar-refractivity contribution is 0.0942. The molecule has 0 saturated carbocycles. The first-order valence-electron chi connectivity index (χ1n) is 6.87. The highest BCUT2D eigenvalue weighted by Crippen LogP contribution is 2.14. The smallest absolute Gasteiger partial charge is 0.270 e. The van der Waals surface area contributed by atoms with Crippen LogP contribution in [0.15, 0.2) is 24.4 Å². The van der Waals surface area contributed by atoms with E-state index in [2.05, 4.69) is 31.1 Å². The molecular formula is C15H21N3O. The minimum Gasteiger partial charge on any atom is -0.350 e. The number of nitrogens with one attached hydrogen (secondary N) is 1. The van der Waals surface area contributed by atoms with Gasteiger partial charge in [0.05, 0.1) is 5.69 Å². The zero-order chi connectivity index (χ0) is 13.8. The number of hydrogen-bond donors (Lipinski definition) is 1. The first kappa shape index (κ1) is 13.6. The molecule has 4 nitrogen and oxygen atoms in total. The molecule has 2 aromatic rings. The van der Waals surface area contributed by atoms with Gasteiger partial charge in [-0.15, -0.1) is 0 Å². The normalized spacial score (nSPS) is 11.2. The average Bonchev–Trinajstić information content (AvgIpc) is 2.74. The zero-order valence-electron chi connectivity index (χ0n) is 11.8. The van der Waals surface area contributed by atoms with E-state index >= 15 is 0 Å². The molecule has 0 aliphatic carbocycles. The van der Waals surface area contributed by atoms with Gasteiger partial charge in [-0.3, -0.25) is 9.20 Å². The van der Waals surface area contributed by atoms with Gasteiger partial charge >= 0.3 is 0 Å². The van der Waals surface area contributed by atoms with Crippen molar-refractivity contribution in [2.45, 2.75) is 33.6 Å². The molecule has 0 atom stereocenters. The van der Waals surface area contributed by atoms with E-state index < -0.39 is 0 Å². The summed E-state index contributed by atoms with van der Waals surface area (Å²) in [4.78, 5) is 16.9. The Morgan fingerprint density at radius 2 is 2.21 bits per heavy atom. The number of hydrogen-bond acceptors (Lipinski definition) is 2. The molecule has 0 aromatic carbocycles. The second kappa shape index (κ2) is 5.87. The molecule has 0 unspecified atom stereocenters. The van der Waals surface area contributed by atoms with E-state index in [4.69, 9.17) is 0 Å². The molecule has 1 N–H and O–H groups in total. The van der Waals surface area contributed by atoms with Crippen LogP contribution in [-0.2, 0) is 6.42 Å². The zero-order valence-corrected chi connectivity index (χ0v) is 11.8. The van der Waals surface area contributed by atoms with Gasteiger partial charge in [-0.2, -0.15) is 0 Å². The molecule has 0 bridgehead atoms. The highest BCUT2D eigenvalue weighted by Gasteiger charge is 2.18. The highest BCUT2D eigenvalue weighted by atomic mass is 16.1. The summed E-state index contributed by atoms with van der Waals surface area (Å²) in [7, 11) is 0. The Hall–Kier alpha value is -1.84. The van der Waals surface area contributed by atoms with Crippen LogP contribution in [0.1, 0.15) is 43.4 Å². The molecule has 0 radical (unpaired) electrons. The molecule has 2 rings (SSSR count). The van der Waals surface area contributed by atoms with E-state index in [1.54, 1.807) is 0 Å². The SMILES string of the molecule is CCCc1nc2ccccn2c1C(=O)NCC(C)C. The molecule has 4 heteroatoms. The number of rotatable bonds is 5. The molecule has 102 valence electrons. The maximum atomic E-state index is 12.3. The summed E-state index contributed by atoms with van der Waals surface area (Å²) in [6, 6.07) is 5.79. The van der Waals surface area contributed by atoms with Gasteiger partial charge in [-0.1, -0.05) is 33.3 Å². The molecule has 0 fully saturated rings. The highest BCUT2D eigenvalue weighted by molar-refractivity contribution is 5.94. The first-order valence-corrected chi connectivity index (χ1v) is 6.87. The third kappa shape index (κ3) is 2.95. The first-order chi connectivity index (χ1) is 9.13. The van der Waals surface area contributed by atoms with Crippen molar-refractivity contribution < 1.29 is 4.79 Å². The molecule has 2 aromatic heterocycles. The largest absolute Gasteiger partial charge is 0.350 e. The quantitative estimate of drug-likeness (QED) is 0.897. The predicted molar refractivity (Wildman–Crippen MR) is 76.4 cm³/mol. The minimum atomic E-state index is -0.0316. The molecule has 0 saturated heterocycles. The number of aryl methyl sites for hydroxylation is 1. The average molecular weight is 259 g/mol. The summed E-state index contributed by atoms with van der Waals surface area (Å²) in [5.74, 6) is 0.411. The van der Waals surface area contributed by atoms with Gasteiger partial charge in [0.15, 0.2) is 0 Å². The van der Waals surface area contributed by atoms with Gasteiger partial charge in [0.1, 0.15) is 11.3 Å². The number of carbonyl (C=O) groups is 1. The summed E-state index contributed by atoms with van der Waals surface area (Å²) in [5.41, 5.74) is 2.40. The van der Waals surface area contributed by atoms with Crippen molar-refractivity contribution in [1.82, 2.24) is 14.7 Å². The lowest BCUT2D eigenvalue weighted by Crippen LogP contribution is -2.29. The van der Waals surface area contributed by atoms with Crippen molar-refractivity contribution in [2.24, 2.45) is 5.92 Å². The summed E-state index contributed by atoms with van der Waals surface area (Å²) in [6.07, 6.45) is 3.70. The van der Waals surface area contributed by atoms with E-state index in [1.807, 2.05) is 28.8 Å². The van der Waals surface area contributed by atoms with Gasteiger partial charge < -0.3 is 5.32 Å². The van der Waals surface area contributed by atoms with Crippen LogP contribution in [0.2, 0.25) is 0 Å². The number of fused-ring (bicyclic) bond motifs is 1. The predicted octanol–water partition coefficient (Wildman–Crippen LogP) is 2.67. The Kier molecular flexibility index (Phi) is 4.20. The van der Waals surface area contributed by atoms with Crippen molar-refractivity contribution in [3.63, 3.8) is 0 Å². The number of amides is 1. The molecular weight excluding hydrogens is 238 g/mol. The van der Waals surface area contributed by atoms with Crippen LogP contribution in [0, 0.1) is 5.92 Å². The second-order valence-corrected chi connectivity index (χ2v) is 5.19. The fourth-order valence-corrected chi connectivity index (χ4v) is 2.08. The van der Waals surface area contributed by atoms with Gasteiger partial charge in [0.25, 0.3) is 5.91 Å². The number of nitrogens with zero attached hydrogens (tertiary/aromatic N) is 2. The van der Waals surface area contributed by atoms with Crippen LogP contribution in [0.3, 0.4) is 0 Å². The topological polar surface area (TPSA) is 46.4 Å². The van der Waals surface area contributed by atoms with Gasteiger partial charge in [-0.25, -0.2) is 4.98 Å². The third-order valence-electron chi connectivity index (χ3n) is 2.97. The Bertz CT molecular complexity index is 572. The Morgan fingerprint density at radius 3 is 2.89 bits per heavy atom. The van der Waals surface area contributed by atoms with Crippen molar-refractivity contribution in [3.8, 4) is 0 Å². The van der Waals surface area contributed by atoms with Crippen molar-refractivity contribution in [2.75, 3.05) is 6.54 Å². The van der Waals surface area contributed by atoms with Crippen molar-refractivity contribution >= 4 is 11.6 Å². The standard InChI is InChI=1S/C15H21N3O/c1-4-7-12-14(15(19)16-10-11(2)3)18-9-6-5-8-13(18)17-12/h5-6,8-9,11H,4,7,10H2,1-3H3,(H,16,19). The van der Waals surface area contributed by atoms with Crippen LogP contribution >= 0.6 is 0 Å². The summed E-state index contributed by atoms with van der Waals surface area (Å²) < 4.78 is 1.88. The van der Waals surface area contributed by atoms with Gasteiger partial charge in [-0.05, 0) is 24.5 Å². The van der Waals surface area contributed by atoms with Crippen LogP contribution in [-0.4, -0.2) is 21.8 Å². The van der Waals surface area contributed by atoms with Crippen molar-refractivity contribution in [3.05, 3.63) is 35.8 Å². The molecule has 0 aliphatic heterocycles. The van der Waals surface area contributed by atoms with Crippen molar-refractivity contribution in [1.29, 1.82) is 0 Å². The summed E-state index contributed by atoms with van der Waals surface area (Å²) in [5, 5.41) is 2.98. The lowest BCUT2D eigenvalue weighted by atomic mass is 10.2. The third-order valence-corrected chi connectivity index (χ3v) is 2.97. The molecule has 0 aliphatic rings. The van der Waals surface area contributed by atoms with Crippen LogP contribution < -0.4 is 5.32 Å². The lowest BCUT2D eigenvalue weighted by Gasteiger charge is -2.08. The maximum absolute atomic E-state index is 12.3. The molecule has 2 heterocycles. The fraction of sp³-hybridized carbons (Fsp3) is 0.467. The maximum Gasteiger partial charge on any atom is 0.270 e. The van der Waals surface area contributed by atoms with E-state index in [0.717, 1.165) is 24.2 Å². The van der Waals surface area contributed by atoms with Gasteiger partial charge in [0.2, 0.25) is 0 Å². The second-order valence-electron chi connectivity index (χ2n) is 5.19. The Morgan fingerprint density at radius 1 is 1.42 bits per heavy atom. The summed E-state index contributed by atoms with van der Waals surface area (Å²) >= 11 is 0. The molecule has 1 amide bonds. The Labute approximate surface area is 113 Å². The number of pyridine rings is 1. The summed E-state index contributed by atoms with van der Waals surface area (Å²) in [6.45, 7) is 6.95. The van der Waals surface area contributed by atoms with E-state index in [1.165, 1.54) is 0 Å². The van der Waals surface area contributed by atoms with Crippen LogP contribution in [0.4, 0.5) is 0 Å². The van der Waals surface area contributed by atoms with Gasteiger partial charge in [0, 0.05) is 12.7 Å². The number of aromatic nitrogens is 2.